The number of anilines is 2. The highest BCUT2D eigenvalue weighted by Crippen LogP contribution is 2.29. The second-order valence-corrected chi connectivity index (χ2v) is 5.59. The number of aliphatic hydroxyl groups is 1. The average molecular weight is 310 g/mol. The van der Waals surface area contributed by atoms with Gasteiger partial charge in [-0.05, 0) is 31.4 Å². The Morgan fingerprint density at radius 1 is 1.17 bits per heavy atom. The van der Waals surface area contributed by atoms with Crippen LogP contribution in [0.4, 0.5) is 11.6 Å². The number of aromatic amines is 1. The van der Waals surface area contributed by atoms with Crippen molar-refractivity contribution in [2.75, 3.05) is 11.6 Å². The molecule has 2 aromatic heterocycles. The summed E-state index contributed by atoms with van der Waals surface area (Å²) < 4.78 is 0. The van der Waals surface area contributed by atoms with Gasteiger partial charge in [0.2, 0.25) is 5.95 Å². The molecule has 1 atom stereocenters. The Kier molecular flexibility index (Phi) is 3.64. The van der Waals surface area contributed by atoms with Gasteiger partial charge in [-0.1, -0.05) is 18.2 Å². The van der Waals surface area contributed by atoms with Gasteiger partial charge in [-0.3, -0.25) is 0 Å². The lowest BCUT2D eigenvalue weighted by Crippen LogP contribution is -2.49. The van der Waals surface area contributed by atoms with Crippen LogP contribution in [0.5, 0.6) is 0 Å². The first-order valence-corrected chi connectivity index (χ1v) is 7.79. The zero-order valence-corrected chi connectivity index (χ0v) is 12.6. The minimum absolute atomic E-state index is 0.522. The molecule has 7 nitrogen and oxygen atoms in total. The van der Waals surface area contributed by atoms with Crippen molar-refractivity contribution in [2.45, 2.75) is 25.5 Å². The molecule has 1 aromatic carbocycles. The summed E-state index contributed by atoms with van der Waals surface area (Å²) in [4.78, 5) is 16.2. The largest absolute Gasteiger partial charge is 0.377 e. The van der Waals surface area contributed by atoms with Gasteiger partial charge in [-0.2, -0.15) is 9.99 Å². The summed E-state index contributed by atoms with van der Waals surface area (Å²) in [5, 5.41) is 14.3. The molecule has 1 saturated heterocycles. The number of hydrogen-bond acceptors (Lipinski definition) is 6. The third-order valence-corrected chi connectivity index (χ3v) is 4.05. The lowest BCUT2D eigenvalue weighted by Gasteiger charge is -2.40. The molecule has 0 amide bonds. The van der Waals surface area contributed by atoms with E-state index in [0.29, 0.717) is 11.6 Å². The van der Waals surface area contributed by atoms with Crippen LogP contribution in [-0.2, 0) is 0 Å². The van der Waals surface area contributed by atoms with E-state index in [1.54, 1.807) is 12.5 Å². The average Bonchev–Trinajstić information content (AvgIpc) is 3.06. The van der Waals surface area contributed by atoms with Crippen molar-refractivity contribution in [3.05, 3.63) is 42.9 Å². The molecule has 0 radical (unpaired) electrons. The summed E-state index contributed by atoms with van der Waals surface area (Å²) in [7, 11) is 0. The molecule has 7 heteroatoms. The molecule has 118 valence electrons. The third kappa shape index (κ3) is 2.64. The maximum absolute atomic E-state index is 10.4. The molecule has 1 aliphatic rings. The highest BCUT2D eigenvalue weighted by Gasteiger charge is 2.29. The maximum atomic E-state index is 10.4. The van der Waals surface area contributed by atoms with Crippen LogP contribution in [0.15, 0.2) is 42.9 Å². The predicted molar refractivity (Wildman–Crippen MR) is 86.8 cm³/mol. The van der Waals surface area contributed by atoms with Crippen LogP contribution in [0, 0.1) is 0 Å². The predicted octanol–water partition coefficient (Wildman–Crippen LogP) is 2.21. The molecule has 3 heterocycles. The van der Waals surface area contributed by atoms with Crippen molar-refractivity contribution >= 4 is 22.8 Å². The number of hydrazine groups is 1. The number of hydrogen-bond donors (Lipinski definition) is 2. The number of piperidine rings is 1. The second kappa shape index (κ2) is 5.94. The van der Waals surface area contributed by atoms with E-state index in [1.165, 1.54) is 0 Å². The summed E-state index contributed by atoms with van der Waals surface area (Å²) in [6.07, 6.45) is 5.57. The van der Waals surface area contributed by atoms with E-state index >= 15 is 0 Å². The van der Waals surface area contributed by atoms with Gasteiger partial charge in [0.25, 0.3) is 0 Å². The number of nitrogens with zero attached hydrogens (tertiary/aromatic N) is 5. The van der Waals surface area contributed by atoms with Crippen molar-refractivity contribution in [3.63, 3.8) is 0 Å². The molecule has 0 spiro atoms. The molecule has 4 rings (SSSR count). The number of rotatable bonds is 3. The fourth-order valence-corrected chi connectivity index (χ4v) is 2.91. The summed E-state index contributed by atoms with van der Waals surface area (Å²) in [6.45, 7) is 0.764. The summed E-state index contributed by atoms with van der Waals surface area (Å²) >= 11 is 0. The van der Waals surface area contributed by atoms with Gasteiger partial charge in [0, 0.05) is 6.54 Å². The fourth-order valence-electron chi connectivity index (χ4n) is 2.91. The Morgan fingerprint density at radius 2 is 2.04 bits per heavy atom. The van der Waals surface area contributed by atoms with E-state index in [1.807, 2.05) is 40.3 Å². The van der Waals surface area contributed by atoms with E-state index in [2.05, 4.69) is 19.9 Å². The van der Waals surface area contributed by atoms with E-state index in [0.717, 1.165) is 37.0 Å². The number of para-hydroxylation sites is 1. The van der Waals surface area contributed by atoms with Gasteiger partial charge in [0.1, 0.15) is 11.7 Å². The molecular formula is C16H18N6O. The fraction of sp³-hybridized carbons (Fsp3) is 0.312. The summed E-state index contributed by atoms with van der Waals surface area (Å²) in [5.41, 5.74) is 2.33. The van der Waals surface area contributed by atoms with Gasteiger partial charge < -0.3 is 10.1 Å². The van der Waals surface area contributed by atoms with Crippen molar-refractivity contribution < 1.29 is 5.11 Å². The van der Waals surface area contributed by atoms with E-state index in [9.17, 15) is 5.11 Å². The minimum Gasteiger partial charge on any atom is -0.377 e. The zero-order chi connectivity index (χ0) is 15.6. The van der Waals surface area contributed by atoms with E-state index in [4.69, 9.17) is 0 Å². The lowest BCUT2D eigenvalue weighted by molar-refractivity contribution is -0.0246. The standard InChI is InChI=1S/C16H18N6O/c23-14-8-4-5-9-21(14)22(12-6-2-1-3-7-12)16-17-10-13-15(20-16)19-11-18-13/h1-3,6-7,10-11,14,23H,4-5,8-9H2,(H,17,18,19,20). The first kappa shape index (κ1) is 14.1. The quantitative estimate of drug-likeness (QED) is 0.772. The molecule has 2 N–H and O–H groups in total. The minimum atomic E-state index is -0.537. The Labute approximate surface area is 133 Å². The van der Waals surface area contributed by atoms with Crippen LogP contribution in [0.3, 0.4) is 0 Å². The number of aromatic nitrogens is 4. The number of fused-ring (bicyclic) bond motifs is 1. The number of nitrogens with one attached hydrogen (secondary N) is 1. The first-order valence-electron chi connectivity index (χ1n) is 7.79. The van der Waals surface area contributed by atoms with Crippen LogP contribution >= 0.6 is 0 Å². The van der Waals surface area contributed by atoms with E-state index in [-0.39, 0.29) is 0 Å². The van der Waals surface area contributed by atoms with Gasteiger partial charge in [0.05, 0.1) is 18.2 Å². The van der Waals surface area contributed by atoms with Gasteiger partial charge >= 0.3 is 0 Å². The Balaban J connectivity index is 1.80. The molecule has 1 unspecified atom stereocenters. The van der Waals surface area contributed by atoms with Crippen LogP contribution < -0.4 is 5.01 Å². The van der Waals surface area contributed by atoms with Gasteiger partial charge in [-0.25, -0.2) is 15.0 Å². The van der Waals surface area contributed by atoms with Crippen molar-refractivity contribution in [3.8, 4) is 0 Å². The number of aliphatic hydroxyl groups excluding tert-OH is 1. The SMILES string of the molecule is OC1CCCCN1N(c1ccccc1)c1ncc2nc[nH]c2n1. The van der Waals surface area contributed by atoms with Crippen LogP contribution in [-0.4, -0.2) is 42.8 Å². The highest BCUT2D eigenvalue weighted by atomic mass is 16.3. The molecule has 3 aromatic rings. The number of imidazole rings is 1. The molecule has 1 fully saturated rings. The molecule has 1 aliphatic heterocycles. The van der Waals surface area contributed by atoms with Crippen molar-refractivity contribution in [1.82, 2.24) is 24.9 Å². The van der Waals surface area contributed by atoms with Crippen LogP contribution in [0.25, 0.3) is 11.2 Å². The van der Waals surface area contributed by atoms with Crippen LogP contribution in [0.1, 0.15) is 19.3 Å². The second-order valence-electron chi connectivity index (χ2n) is 5.59. The van der Waals surface area contributed by atoms with Crippen molar-refractivity contribution in [1.29, 1.82) is 0 Å². The highest BCUT2D eigenvalue weighted by molar-refractivity contribution is 5.71. The normalized spacial score (nSPS) is 19.1. The molecule has 0 bridgehead atoms. The zero-order valence-electron chi connectivity index (χ0n) is 12.6. The molecular weight excluding hydrogens is 292 g/mol. The molecule has 0 saturated carbocycles. The monoisotopic (exact) mass is 310 g/mol. The summed E-state index contributed by atoms with van der Waals surface area (Å²) in [6, 6.07) is 9.87. The smallest absolute Gasteiger partial charge is 0.247 e. The Hall–Kier alpha value is -2.51. The lowest BCUT2D eigenvalue weighted by atomic mass is 10.1. The summed E-state index contributed by atoms with van der Waals surface area (Å²) in [5.74, 6) is 0.522. The molecule has 0 aliphatic carbocycles. The number of H-pyrrole nitrogens is 1. The Morgan fingerprint density at radius 3 is 2.87 bits per heavy atom. The van der Waals surface area contributed by atoms with E-state index < -0.39 is 6.23 Å². The molecule has 23 heavy (non-hydrogen) atoms. The van der Waals surface area contributed by atoms with Crippen LogP contribution in [0.2, 0.25) is 0 Å². The first-order chi connectivity index (χ1) is 11.3. The topological polar surface area (TPSA) is 81.2 Å². The van der Waals surface area contributed by atoms with Gasteiger partial charge in [-0.15, -0.1) is 0 Å². The van der Waals surface area contributed by atoms with Crippen molar-refractivity contribution in [2.24, 2.45) is 0 Å². The number of benzene rings is 1. The van der Waals surface area contributed by atoms with Gasteiger partial charge in [0.15, 0.2) is 5.65 Å². The third-order valence-electron chi connectivity index (χ3n) is 4.05. The Bertz CT molecular complexity index is 789. The maximum Gasteiger partial charge on any atom is 0.247 e.